The summed E-state index contributed by atoms with van der Waals surface area (Å²) in [5.74, 6) is -1.18. The highest BCUT2D eigenvalue weighted by Gasteiger charge is 2.29. The predicted molar refractivity (Wildman–Crippen MR) is 66.6 cm³/mol. The lowest BCUT2D eigenvalue weighted by Gasteiger charge is -2.02. The van der Waals surface area contributed by atoms with Crippen molar-refractivity contribution in [2.24, 2.45) is 0 Å². The number of hydrogen-bond donors (Lipinski definition) is 0. The first kappa shape index (κ1) is 11.0. The molecular formula is C14H7ClO3. The molecule has 0 bridgehead atoms. The molecule has 3 rings (SSSR count). The van der Waals surface area contributed by atoms with Crippen LogP contribution in [0.15, 0.2) is 42.5 Å². The van der Waals surface area contributed by atoms with Gasteiger partial charge in [-0.3, -0.25) is 0 Å². The monoisotopic (exact) mass is 258 g/mol. The van der Waals surface area contributed by atoms with Gasteiger partial charge in [-0.05, 0) is 35.4 Å². The normalized spacial score (nSPS) is 13.4. The fourth-order valence-corrected chi connectivity index (χ4v) is 2.03. The molecule has 0 amide bonds. The zero-order valence-corrected chi connectivity index (χ0v) is 9.90. The van der Waals surface area contributed by atoms with Crippen LogP contribution in [0.1, 0.15) is 20.7 Å². The van der Waals surface area contributed by atoms with Gasteiger partial charge in [-0.25, -0.2) is 9.59 Å². The molecule has 3 nitrogen and oxygen atoms in total. The third kappa shape index (κ3) is 1.69. The first-order chi connectivity index (χ1) is 8.65. The summed E-state index contributed by atoms with van der Waals surface area (Å²) in [4.78, 5) is 22.8. The summed E-state index contributed by atoms with van der Waals surface area (Å²) in [6, 6.07) is 12.3. The van der Waals surface area contributed by atoms with Gasteiger partial charge in [0.15, 0.2) is 0 Å². The maximum Gasteiger partial charge on any atom is 0.346 e. The van der Waals surface area contributed by atoms with Crippen LogP contribution < -0.4 is 0 Å². The van der Waals surface area contributed by atoms with Crippen molar-refractivity contribution in [2.45, 2.75) is 0 Å². The molecular weight excluding hydrogens is 252 g/mol. The van der Waals surface area contributed by atoms with Gasteiger partial charge in [0.1, 0.15) is 0 Å². The molecule has 1 heterocycles. The molecule has 4 heteroatoms. The summed E-state index contributed by atoms with van der Waals surface area (Å²) in [5, 5.41) is 0.648. The molecule has 88 valence electrons. The second-order valence-electron chi connectivity index (χ2n) is 3.94. The molecule has 0 saturated carbocycles. The zero-order valence-electron chi connectivity index (χ0n) is 9.14. The molecule has 2 aromatic rings. The number of cyclic esters (lactones) is 2. The second kappa shape index (κ2) is 3.96. The lowest BCUT2D eigenvalue weighted by molar-refractivity contribution is 0.0444. The predicted octanol–water partition coefficient (Wildman–Crippen LogP) is 3.32. The Hall–Kier alpha value is -2.13. The lowest BCUT2D eigenvalue weighted by atomic mass is 10.0. The molecule has 18 heavy (non-hydrogen) atoms. The molecule has 1 aliphatic heterocycles. The number of ether oxygens (including phenoxy) is 1. The van der Waals surface area contributed by atoms with Gasteiger partial charge in [0.05, 0.1) is 11.1 Å². The second-order valence-corrected chi connectivity index (χ2v) is 4.38. The molecule has 0 N–H and O–H groups in total. The van der Waals surface area contributed by atoms with E-state index in [0.29, 0.717) is 16.1 Å². The van der Waals surface area contributed by atoms with Gasteiger partial charge in [-0.1, -0.05) is 29.8 Å². The average Bonchev–Trinajstić information content (AvgIpc) is 2.66. The van der Waals surface area contributed by atoms with Gasteiger partial charge in [-0.15, -0.1) is 0 Å². The summed E-state index contributed by atoms with van der Waals surface area (Å²) in [5.41, 5.74) is 2.40. The van der Waals surface area contributed by atoms with E-state index in [4.69, 9.17) is 11.6 Å². The average molecular weight is 259 g/mol. The lowest BCUT2D eigenvalue weighted by Crippen LogP contribution is -1.96. The largest absolute Gasteiger partial charge is 0.386 e. The Kier molecular flexibility index (Phi) is 2.42. The zero-order chi connectivity index (χ0) is 12.7. The van der Waals surface area contributed by atoms with Gasteiger partial charge in [0.2, 0.25) is 0 Å². The van der Waals surface area contributed by atoms with Crippen LogP contribution in [0.5, 0.6) is 0 Å². The number of rotatable bonds is 1. The number of fused-ring (bicyclic) bond motifs is 1. The van der Waals surface area contributed by atoms with Gasteiger partial charge in [-0.2, -0.15) is 0 Å². The molecule has 0 saturated heterocycles. The van der Waals surface area contributed by atoms with E-state index in [1.165, 1.54) is 0 Å². The third-order valence-corrected chi connectivity index (χ3v) is 3.07. The van der Waals surface area contributed by atoms with Crippen molar-refractivity contribution in [2.75, 3.05) is 0 Å². The molecule has 0 spiro atoms. The van der Waals surface area contributed by atoms with E-state index in [2.05, 4.69) is 4.74 Å². The Morgan fingerprint density at radius 2 is 1.39 bits per heavy atom. The van der Waals surface area contributed by atoms with Crippen LogP contribution in [0.3, 0.4) is 0 Å². The maximum atomic E-state index is 11.4. The number of esters is 2. The minimum Gasteiger partial charge on any atom is -0.386 e. The maximum absolute atomic E-state index is 11.4. The fourth-order valence-electron chi connectivity index (χ4n) is 1.91. The van der Waals surface area contributed by atoms with E-state index in [-0.39, 0.29) is 0 Å². The highest BCUT2D eigenvalue weighted by atomic mass is 35.5. The van der Waals surface area contributed by atoms with E-state index >= 15 is 0 Å². The smallest absolute Gasteiger partial charge is 0.346 e. The summed E-state index contributed by atoms with van der Waals surface area (Å²) >= 11 is 5.82. The SMILES string of the molecule is O=C1OC(=O)c2cc(-c3ccc(Cl)cc3)ccc21. The van der Waals surface area contributed by atoms with Crippen LogP contribution in [0.25, 0.3) is 11.1 Å². The standard InChI is InChI=1S/C14H7ClO3/c15-10-4-1-8(2-5-10)9-3-6-11-12(7-9)14(17)18-13(11)16/h1-7H. The molecule has 0 atom stereocenters. The summed E-state index contributed by atoms with van der Waals surface area (Å²) in [7, 11) is 0. The number of carbonyl (C=O) groups is 2. The van der Waals surface area contributed by atoms with Crippen molar-refractivity contribution < 1.29 is 14.3 Å². The Balaban J connectivity index is 2.11. The number of benzene rings is 2. The topological polar surface area (TPSA) is 43.4 Å². The van der Waals surface area contributed by atoms with Crippen LogP contribution in [-0.4, -0.2) is 11.9 Å². The van der Waals surface area contributed by atoms with E-state index in [9.17, 15) is 9.59 Å². The van der Waals surface area contributed by atoms with Crippen molar-refractivity contribution in [3.8, 4) is 11.1 Å². The van der Waals surface area contributed by atoms with Crippen LogP contribution in [0, 0.1) is 0 Å². The molecule has 0 unspecified atom stereocenters. The molecule has 0 aromatic heterocycles. The Morgan fingerprint density at radius 3 is 2.11 bits per heavy atom. The highest BCUT2D eigenvalue weighted by molar-refractivity contribution is 6.30. The Morgan fingerprint density at radius 1 is 0.778 bits per heavy atom. The summed E-state index contributed by atoms with van der Waals surface area (Å²) < 4.78 is 4.54. The van der Waals surface area contributed by atoms with Crippen LogP contribution in [0.4, 0.5) is 0 Å². The number of halogens is 1. The number of hydrogen-bond acceptors (Lipinski definition) is 3. The van der Waals surface area contributed by atoms with Crippen molar-refractivity contribution in [3.05, 3.63) is 58.6 Å². The van der Waals surface area contributed by atoms with E-state index in [0.717, 1.165) is 11.1 Å². The molecule has 2 aromatic carbocycles. The first-order valence-electron chi connectivity index (χ1n) is 5.31. The highest BCUT2D eigenvalue weighted by Crippen LogP contribution is 2.27. The minimum atomic E-state index is -0.592. The summed E-state index contributed by atoms with van der Waals surface area (Å²) in [6.07, 6.45) is 0. The Labute approximate surface area is 108 Å². The number of carbonyl (C=O) groups excluding carboxylic acids is 2. The Bertz CT molecular complexity index is 659. The molecule has 1 aliphatic rings. The van der Waals surface area contributed by atoms with Crippen molar-refractivity contribution in [1.82, 2.24) is 0 Å². The van der Waals surface area contributed by atoms with Crippen molar-refractivity contribution in [3.63, 3.8) is 0 Å². The molecule has 0 fully saturated rings. The molecule has 0 aliphatic carbocycles. The van der Waals surface area contributed by atoms with E-state index in [1.807, 2.05) is 12.1 Å². The van der Waals surface area contributed by atoms with Gasteiger partial charge < -0.3 is 4.74 Å². The minimum absolute atomic E-state index is 0.312. The molecule has 0 radical (unpaired) electrons. The summed E-state index contributed by atoms with van der Waals surface area (Å²) in [6.45, 7) is 0. The first-order valence-corrected chi connectivity index (χ1v) is 5.69. The van der Waals surface area contributed by atoms with Crippen LogP contribution in [0.2, 0.25) is 5.02 Å². The van der Waals surface area contributed by atoms with Crippen LogP contribution >= 0.6 is 11.6 Å². The van der Waals surface area contributed by atoms with Crippen molar-refractivity contribution in [1.29, 1.82) is 0 Å². The van der Waals surface area contributed by atoms with Crippen molar-refractivity contribution >= 4 is 23.5 Å². The van der Waals surface area contributed by atoms with Crippen LogP contribution in [-0.2, 0) is 4.74 Å². The quantitative estimate of drug-likeness (QED) is 0.582. The van der Waals surface area contributed by atoms with E-state index in [1.54, 1.807) is 30.3 Å². The van der Waals surface area contributed by atoms with Gasteiger partial charge in [0, 0.05) is 5.02 Å². The van der Waals surface area contributed by atoms with Gasteiger partial charge in [0.25, 0.3) is 0 Å². The van der Waals surface area contributed by atoms with E-state index < -0.39 is 11.9 Å². The third-order valence-electron chi connectivity index (χ3n) is 2.82. The van der Waals surface area contributed by atoms with Gasteiger partial charge >= 0.3 is 11.9 Å². The fraction of sp³-hybridized carbons (Fsp3) is 0.